The summed E-state index contributed by atoms with van der Waals surface area (Å²) in [4.78, 5) is 0.320. The Morgan fingerprint density at radius 1 is 1.16 bits per heavy atom. The van der Waals surface area contributed by atoms with E-state index in [9.17, 15) is 8.42 Å². The van der Waals surface area contributed by atoms with Crippen molar-refractivity contribution in [1.82, 2.24) is 13.1 Å². The quantitative estimate of drug-likeness (QED) is 0.709. The van der Waals surface area contributed by atoms with E-state index in [1.807, 2.05) is 31.2 Å². The lowest BCUT2D eigenvalue weighted by atomic mass is 9.93. The van der Waals surface area contributed by atoms with Gasteiger partial charge in [-0.15, -0.1) is 0 Å². The summed E-state index contributed by atoms with van der Waals surface area (Å²) < 4.78 is 36.6. The third kappa shape index (κ3) is 2.88. The molecule has 2 heterocycles. The average molecular weight is 371 g/mol. The smallest absolute Gasteiger partial charge is 0.207 e. The summed E-state index contributed by atoms with van der Waals surface area (Å²) in [5, 5.41) is 0. The lowest BCUT2D eigenvalue weighted by Gasteiger charge is -2.35. The van der Waals surface area contributed by atoms with Gasteiger partial charge in [0.05, 0.1) is 34.6 Å². The van der Waals surface area contributed by atoms with E-state index in [-0.39, 0.29) is 0 Å². The average Bonchev–Trinajstić information content (AvgIpc) is 3.15. The fraction of sp³-hybridized carbons (Fsp3) is 0.222. The molecule has 1 aliphatic heterocycles. The van der Waals surface area contributed by atoms with Gasteiger partial charge in [-0.1, -0.05) is 36.4 Å². The normalized spacial score (nSPS) is 18.0. The number of fused-ring (bicyclic) bond motifs is 1. The van der Waals surface area contributed by atoms with Gasteiger partial charge in [-0.25, -0.2) is 8.42 Å². The van der Waals surface area contributed by atoms with Crippen LogP contribution in [0.1, 0.15) is 28.4 Å². The second-order valence-electron chi connectivity index (χ2n) is 6.12. The highest BCUT2D eigenvalue weighted by Gasteiger charge is 2.38. The summed E-state index contributed by atoms with van der Waals surface area (Å²) in [5.74, 6) is 0. The minimum absolute atomic E-state index is 0.320. The molecular formula is C18H17N3O2S2. The van der Waals surface area contributed by atoms with Crippen LogP contribution in [0, 0.1) is 6.92 Å². The van der Waals surface area contributed by atoms with Gasteiger partial charge in [-0.3, -0.25) is 0 Å². The number of benzene rings is 2. The number of hydrogen-bond acceptors (Lipinski definition) is 5. The molecule has 1 aliphatic rings. The highest BCUT2D eigenvalue weighted by atomic mass is 32.2. The Bertz CT molecular complexity index is 1000. The van der Waals surface area contributed by atoms with Gasteiger partial charge in [0.2, 0.25) is 10.0 Å². The molecule has 1 atom stereocenters. The van der Waals surface area contributed by atoms with E-state index in [0.29, 0.717) is 23.6 Å². The zero-order valence-electron chi connectivity index (χ0n) is 13.7. The van der Waals surface area contributed by atoms with Crippen LogP contribution in [0.2, 0.25) is 0 Å². The maximum absolute atomic E-state index is 13.3. The third-order valence-corrected chi connectivity index (χ3v) is 6.85. The first-order chi connectivity index (χ1) is 12.1. The van der Waals surface area contributed by atoms with Gasteiger partial charge in [-0.05, 0) is 42.2 Å². The molecule has 0 saturated carbocycles. The topological polar surface area (TPSA) is 63.2 Å². The van der Waals surface area contributed by atoms with Gasteiger partial charge < -0.3 is 0 Å². The first-order valence-electron chi connectivity index (χ1n) is 8.01. The van der Waals surface area contributed by atoms with E-state index in [4.69, 9.17) is 0 Å². The highest BCUT2D eigenvalue weighted by molar-refractivity contribution is 7.89. The van der Waals surface area contributed by atoms with E-state index < -0.39 is 16.1 Å². The molecule has 2 aromatic carbocycles. The SMILES string of the molecule is Cc1cccc(S(=O)(=O)N2CCc3ccccc3C2c2cnsn2)c1. The van der Waals surface area contributed by atoms with Crippen LogP contribution in [-0.2, 0) is 16.4 Å². The minimum atomic E-state index is -3.63. The van der Waals surface area contributed by atoms with Crippen LogP contribution in [0.3, 0.4) is 0 Å². The molecule has 4 rings (SSSR count). The third-order valence-electron chi connectivity index (χ3n) is 4.49. The second-order valence-corrected chi connectivity index (χ2v) is 8.56. The van der Waals surface area contributed by atoms with Gasteiger partial charge in [0.25, 0.3) is 0 Å². The number of aromatic nitrogens is 2. The molecule has 0 saturated heterocycles. The van der Waals surface area contributed by atoms with Crippen molar-refractivity contribution in [1.29, 1.82) is 0 Å². The highest BCUT2D eigenvalue weighted by Crippen LogP contribution is 2.38. The summed E-state index contributed by atoms with van der Waals surface area (Å²) in [6.45, 7) is 2.32. The lowest BCUT2D eigenvalue weighted by Crippen LogP contribution is -2.40. The molecule has 5 nitrogen and oxygen atoms in total. The molecule has 0 radical (unpaired) electrons. The van der Waals surface area contributed by atoms with Crippen LogP contribution in [0.5, 0.6) is 0 Å². The monoisotopic (exact) mass is 371 g/mol. The van der Waals surface area contributed by atoms with Crippen molar-refractivity contribution in [2.24, 2.45) is 0 Å². The largest absolute Gasteiger partial charge is 0.244 e. The fourth-order valence-corrected chi connectivity index (χ4v) is 5.44. The van der Waals surface area contributed by atoms with E-state index in [1.165, 1.54) is 0 Å². The molecule has 0 aliphatic carbocycles. The summed E-state index contributed by atoms with van der Waals surface area (Å²) in [6.07, 6.45) is 2.35. The lowest BCUT2D eigenvalue weighted by molar-refractivity contribution is 0.340. The zero-order chi connectivity index (χ0) is 17.4. The Morgan fingerprint density at radius 2 is 2.00 bits per heavy atom. The van der Waals surface area contributed by atoms with E-state index in [2.05, 4.69) is 14.8 Å². The van der Waals surface area contributed by atoms with Crippen molar-refractivity contribution in [3.63, 3.8) is 0 Å². The predicted molar refractivity (Wildman–Crippen MR) is 97.0 cm³/mol. The van der Waals surface area contributed by atoms with Crippen LogP contribution in [0.25, 0.3) is 0 Å². The van der Waals surface area contributed by atoms with Crippen molar-refractivity contribution in [2.45, 2.75) is 24.3 Å². The number of sulfonamides is 1. The standard InChI is InChI=1S/C18H17N3O2S2/c1-13-5-4-7-15(11-13)25(22,23)21-10-9-14-6-2-3-8-16(14)18(21)17-12-19-24-20-17/h2-8,11-12,18H,9-10H2,1H3. The Morgan fingerprint density at radius 3 is 2.76 bits per heavy atom. The van der Waals surface area contributed by atoms with E-state index in [1.54, 1.807) is 28.7 Å². The summed E-state index contributed by atoms with van der Waals surface area (Å²) in [6, 6.07) is 14.6. The number of rotatable bonds is 3. The molecule has 1 aromatic heterocycles. The van der Waals surface area contributed by atoms with Gasteiger partial charge in [0.1, 0.15) is 0 Å². The van der Waals surface area contributed by atoms with E-state index in [0.717, 1.165) is 28.4 Å². The molecule has 25 heavy (non-hydrogen) atoms. The minimum Gasteiger partial charge on any atom is -0.207 e. The Balaban J connectivity index is 1.86. The maximum Gasteiger partial charge on any atom is 0.244 e. The van der Waals surface area contributed by atoms with Gasteiger partial charge in [-0.2, -0.15) is 13.1 Å². The molecular weight excluding hydrogens is 354 g/mol. The van der Waals surface area contributed by atoms with Crippen LogP contribution in [-0.4, -0.2) is 28.0 Å². The molecule has 0 N–H and O–H groups in total. The first-order valence-corrected chi connectivity index (χ1v) is 10.2. The van der Waals surface area contributed by atoms with Crippen molar-refractivity contribution >= 4 is 21.8 Å². The van der Waals surface area contributed by atoms with Gasteiger partial charge >= 0.3 is 0 Å². The summed E-state index contributed by atoms with van der Waals surface area (Å²) in [5.41, 5.74) is 3.74. The molecule has 3 aromatic rings. The molecule has 0 fully saturated rings. The van der Waals surface area contributed by atoms with Crippen LogP contribution in [0.4, 0.5) is 0 Å². The van der Waals surface area contributed by atoms with Crippen molar-refractivity contribution in [2.75, 3.05) is 6.54 Å². The number of nitrogens with zero attached hydrogens (tertiary/aromatic N) is 3. The van der Waals surface area contributed by atoms with Crippen molar-refractivity contribution < 1.29 is 8.42 Å². The van der Waals surface area contributed by atoms with Crippen LogP contribution < -0.4 is 0 Å². The first kappa shape index (κ1) is 16.4. The summed E-state index contributed by atoms with van der Waals surface area (Å²) >= 11 is 1.10. The van der Waals surface area contributed by atoms with Crippen LogP contribution >= 0.6 is 11.7 Å². The molecule has 0 bridgehead atoms. The summed E-state index contributed by atoms with van der Waals surface area (Å²) in [7, 11) is -3.63. The Kier molecular flexibility index (Phi) is 4.15. The Labute approximate surface area is 151 Å². The number of hydrogen-bond donors (Lipinski definition) is 0. The zero-order valence-corrected chi connectivity index (χ0v) is 15.3. The fourth-order valence-electron chi connectivity index (χ4n) is 3.31. The van der Waals surface area contributed by atoms with Gasteiger partial charge in [0, 0.05) is 6.54 Å². The Hall–Kier alpha value is -2.09. The number of aryl methyl sites for hydroxylation is 1. The van der Waals surface area contributed by atoms with Crippen molar-refractivity contribution in [3.8, 4) is 0 Å². The van der Waals surface area contributed by atoms with Crippen LogP contribution in [0.15, 0.2) is 59.6 Å². The van der Waals surface area contributed by atoms with E-state index >= 15 is 0 Å². The molecule has 7 heteroatoms. The maximum atomic E-state index is 13.3. The second kappa shape index (κ2) is 6.33. The van der Waals surface area contributed by atoms with Crippen molar-refractivity contribution in [3.05, 3.63) is 77.1 Å². The predicted octanol–water partition coefficient (Wildman–Crippen LogP) is 3.18. The van der Waals surface area contributed by atoms with Gasteiger partial charge in [0.15, 0.2) is 0 Å². The molecule has 1 unspecified atom stereocenters. The molecule has 128 valence electrons. The molecule has 0 spiro atoms. The molecule has 0 amide bonds.